The molecule has 1 aromatic rings. The summed E-state index contributed by atoms with van der Waals surface area (Å²) in [4.78, 5) is 0. The molecule has 0 aliphatic carbocycles. The molecule has 0 fully saturated rings. The Bertz CT molecular complexity index is 398. The third-order valence-electron chi connectivity index (χ3n) is 3.16. The zero-order chi connectivity index (χ0) is 13.5. The number of hydrogen-bond acceptors (Lipinski definition) is 4. The Morgan fingerprint density at radius 3 is 2.79 bits per heavy atom. The first-order valence-electron chi connectivity index (χ1n) is 6.99. The van der Waals surface area contributed by atoms with Gasteiger partial charge in [-0.3, -0.25) is 0 Å². The number of nitrogens with one attached hydrogen (secondary N) is 1. The average molecular weight is 281 g/mol. The molecule has 1 atom stereocenters. The Morgan fingerprint density at radius 1 is 1.26 bits per heavy atom. The molecular weight excluding hydrogens is 258 g/mol. The summed E-state index contributed by atoms with van der Waals surface area (Å²) in [5, 5.41) is 3.38. The number of fused-ring (bicyclic) bond motifs is 1. The molecule has 1 N–H and O–H groups in total. The van der Waals surface area contributed by atoms with Gasteiger partial charge in [0.25, 0.3) is 0 Å². The van der Waals surface area contributed by atoms with Crippen LogP contribution in [0.2, 0.25) is 0 Å². The average Bonchev–Trinajstić information content (AvgIpc) is 2.68. The molecule has 4 heteroatoms. The van der Waals surface area contributed by atoms with Crippen molar-refractivity contribution < 1.29 is 9.47 Å². The zero-order valence-corrected chi connectivity index (χ0v) is 12.6. The number of ether oxygens (including phenoxy) is 2. The van der Waals surface area contributed by atoms with Crippen LogP contribution in [-0.2, 0) is 0 Å². The van der Waals surface area contributed by atoms with E-state index < -0.39 is 0 Å². The van der Waals surface area contributed by atoms with E-state index >= 15 is 0 Å². The third-order valence-corrected chi connectivity index (χ3v) is 4.42. The van der Waals surface area contributed by atoms with Crippen molar-refractivity contribution in [3.8, 4) is 11.5 Å². The normalized spacial score (nSPS) is 15.9. The standard InChI is InChI=1S/C15H23NO2S/c1-3-9-19-11-13(16-2)12-5-6-14-15(10-12)18-8-4-7-17-14/h5-6,10,13,16H,3-4,7-9,11H2,1-2H3. The largest absolute Gasteiger partial charge is 0.490 e. The summed E-state index contributed by atoms with van der Waals surface area (Å²) in [7, 11) is 2.01. The molecule has 1 heterocycles. The van der Waals surface area contributed by atoms with Gasteiger partial charge in [0.05, 0.1) is 13.2 Å². The van der Waals surface area contributed by atoms with Crippen molar-refractivity contribution >= 4 is 11.8 Å². The molecule has 0 amide bonds. The van der Waals surface area contributed by atoms with Gasteiger partial charge in [0.2, 0.25) is 0 Å². The van der Waals surface area contributed by atoms with E-state index in [0.717, 1.165) is 36.9 Å². The van der Waals surface area contributed by atoms with Gasteiger partial charge >= 0.3 is 0 Å². The fourth-order valence-corrected chi connectivity index (χ4v) is 3.14. The lowest BCUT2D eigenvalue weighted by molar-refractivity contribution is 0.297. The van der Waals surface area contributed by atoms with Crippen LogP contribution >= 0.6 is 11.8 Å². The Morgan fingerprint density at radius 2 is 2.05 bits per heavy atom. The summed E-state index contributed by atoms with van der Waals surface area (Å²) >= 11 is 1.99. The second-order valence-electron chi connectivity index (χ2n) is 4.67. The van der Waals surface area contributed by atoms with Crippen molar-refractivity contribution in [2.75, 3.05) is 31.8 Å². The lowest BCUT2D eigenvalue weighted by atomic mass is 10.1. The highest BCUT2D eigenvalue weighted by molar-refractivity contribution is 7.99. The van der Waals surface area contributed by atoms with E-state index in [1.807, 2.05) is 24.9 Å². The Hall–Kier alpha value is -0.870. The van der Waals surface area contributed by atoms with Crippen LogP contribution in [0.5, 0.6) is 11.5 Å². The molecule has 0 radical (unpaired) electrons. The molecule has 1 aromatic carbocycles. The van der Waals surface area contributed by atoms with Crippen LogP contribution in [0.3, 0.4) is 0 Å². The highest BCUT2D eigenvalue weighted by Crippen LogP contribution is 2.33. The van der Waals surface area contributed by atoms with Crippen LogP contribution in [0.15, 0.2) is 18.2 Å². The minimum absolute atomic E-state index is 0.369. The summed E-state index contributed by atoms with van der Waals surface area (Å²) in [5.74, 6) is 4.06. The second kappa shape index (κ2) is 7.65. The monoisotopic (exact) mass is 281 g/mol. The van der Waals surface area contributed by atoms with Crippen molar-refractivity contribution in [2.24, 2.45) is 0 Å². The van der Waals surface area contributed by atoms with E-state index in [4.69, 9.17) is 9.47 Å². The van der Waals surface area contributed by atoms with Gasteiger partial charge in [-0.05, 0) is 36.9 Å². The van der Waals surface area contributed by atoms with Crippen molar-refractivity contribution in [1.82, 2.24) is 5.32 Å². The van der Waals surface area contributed by atoms with Gasteiger partial charge in [0.1, 0.15) is 0 Å². The number of rotatable bonds is 6. The van der Waals surface area contributed by atoms with Crippen LogP contribution in [0, 0.1) is 0 Å². The molecule has 2 rings (SSSR count). The van der Waals surface area contributed by atoms with E-state index in [1.54, 1.807) is 0 Å². The molecule has 1 unspecified atom stereocenters. The van der Waals surface area contributed by atoms with Crippen molar-refractivity contribution in [3.63, 3.8) is 0 Å². The predicted molar refractivity (Wildman–Crippen MR) is 81.5 cm³/mol. The second-order valence-corrected chi connectivity index (χ2v) is 5.82. The molecule has 1 aliphatic rings. The van der Waals surface area contributed by atoms with E-state index in [9.17, 15) is 0 Å². The summed E-state index contributed by atoms with van der Waals surface area (Å²) in [6.07, 6.45) is 2.17. The lowest BCUT2D eigenvalue weighted by Gasteiger charge is -2.18. The first-order valence-corrected chi connectivity index (χ1v) is 8.15. The van der Waals surface area contributed by atoms with Crippen molar-refractivity contribution in [3.05, 3.63) is 23.8 Å². The highest BCUT2D eigenvalue weighted by Gasteiger charge is 2.15. The van der Waals surface area contributed by atoms with Gasteiger partial charge in [-0.1, -0.05) is 13.0 Å². The molecule has 0 spiro atoms. The van der Waals surface area contributed by atoms with Crippen molar-refractivity contribution in [1.29, 1.82) is 0 Å². The first-order chi connectivity index (χ1) is 9.35. The smallest absolute Gasteiger partial charge is 0.161 e. The molecule has 0 saturated heterocycles. The predicted octanol–water partition coefficient (Wildman–Crippen LogP) is 3.25. The molecule has 0 aromatic heterocycles. The topological polar surface area (TPSA) is 30.5 Å². The summed E-state index contributed by atoms with van der Waals surface area (Å²) < 4.78 is 11.4. The van der Waals surface area contributed by atoms with Crippen LogP contribution < -0.4 is 14.8 Å². The Labute approximate surface area is 120 Å². The maximum Gasteiger partial charge on any atom is 0.161 e. The quantitative estimate of drug-likeness (QED) is 0.811. The Kier molecular flexibility index (Phi) is 5.86. The number of hydrogen-bond donors (Lipinski definition) is 1. The van der Waals surface area contributed by atoms with E-state index in [1.165, 1.54) is 17.7 Å². The van der Waals surface area contributed by atoms with Crippen LogP contribution in [-0.4, -0.2) is 31.8 Å². The lowest BCUT2D eigenvalue weighted by Crippen LogP contribution is -2.19. The van der Waals surface area contributed by atoms with Gasteiger partial charge in [0, 0.05) is 18.2 Å². The fraction of sp³-hybridized carbons (Fsp3) is 0.600. The molecular formula is C15H23NO2S. The third kappa shape index (κ3) is 4.05. The van der Waals surface area contributed by atoms with Gasteiger partial charge in [-0.15, -0.1) is 0 Å². The van der Waals surface area contributed by atoms with E-state index in [-0.39, 0.29) is 0 Å². The summed E-state index contributed by atoms with van der Waals surface area (Å²) in [6.45, 7) is 3.70. The van der Waals surface area contributed by atoms with E-state index in [2.05, 4.69) is 24.4 Å². The van der Waals surface area contributed by atoms with Gasteiger partial charge in [-0.2, -0.15) is 11.8 Å². The van der Waals surface area contributed by atoms with Crippen LogP contribution in [0.1, 0.15) is 31.4 Å². The van der Waals surface area contributed by atoms with Gasteiger partial charge in [-0.25, -0.2) is 0 Å². The van der Waals surface area contributed by atoms with Gasteiger partial charge < -0.3 is 14.8 Å². The van der Waals surface area contributed by atoms with Crippen molar-refractivity contribution in [2.45, 2.75) is 25.8 Å². The molecule has 19 heavy (non-hydrogen) atoms. The zero-order valence-electron chi connectivity index (χ0n) is 11.8. The molecule has 1 aliphatic heterocycles. The first kappa shape index (κ1) is 14.5. The van der Waals surface area contributed by atoms with E-state index in [0.29, 0.717) is 6.04 Å². The minimum Gasteiger partial charge on any atom is -0.490 e. The molecule has 3 nitrogen and oxygen atoms in total. The number of thioether (sulfide) groups is 1. The van der Waals surface area contributed by atoms with Gasteiger partial charge in [0.15, 0.2) is 11.5 Å². The maximum atomic E-state index is 5.75. The Balaban J connectivity index is 2.08. The maximum absolute atomic E-state index is 5.75. The summed E-state index contributed by atoms with van der Waals surface area (Å²) in [5.41, 5.74) is 1.27. The molecule has 0 bridgehead atoms. The van der Waals surface area contributed by atoms with Crippen LogP contribution in [0.4, 0.5) is 0 Å². The van der Waals surface area contributed by atoms with Crippen LogP contribution in [0.25, 0.3) is 0 Å². The SMILES string of the molecule is CCCSCC(NC)c1ccc2c(c1)OCCCO2. The fourth-order valence-electron chi connectivity index (χ4n) is 2.09. The molecule has 0 saturated carbocycles. The highest BCUT2D eigenvalue weighted by atomic mass is 32.2. The minimum atomic E-state index is 0.369. The number of benzene rings is 1. The summed E-state index contributed by atoms with van der Waals surface area (Å²) in [6, 6.07) is 6.66. The molecule has 106 valence electrons.